The zero-order valence-electron chi connectivity index (χ0n) is 14.4. The van der Waals surface area contributed by atoms with Gasteiger partial charge in [0.2, 0.25) is 5.88 Å². The van der Waals surface area contributed by atoms with Gasteiger partial charge in [-0.2, -0.15) is 5.10 Å². The standard InChI is InChI=1S/C17H25N3O3/c1-12(11-23-16-9-7-6-8-15(16)21-4)18-10-14-13(2)19-20(3)17(14)22-5/h6-9,12,18H,10-11H2,1-5H3/t12-/m0/s1. The number of benzene rings is 1. The molecule has 0 spiro atoms. The second-order valence-electron chi connectivity index (χ2n) is 5.44. The minimum Gasteiger partial charge on any atom is -0.493 e. The van der Waals surface area contributed by atoms with Crippen LogP contribution in [0.1, 0.15) is 18.2 Å². The van der Waals surface area contributed by atoms with Crippen LogP contribution in [0.25, 0.3) is 0 Å². The van der Waals surface area contributed by atoms with Gasteiger partial charge in [0.15, 0.2) is 11.5 Å². The van der Waals surface area contributed by atoms with Gasteiger partial charge in [-0.05, 0) is 26.0 Å². The van der Waals surface area contributed by atoms with Gasteiger partial charge in [-0.3, -0.25) is 0 Å². The predicted octanol–water partition coefficient (Wildman–Crippen LogP) is 2.30. The van der Waals surface area contributed by atoms with Crippen molar-refractivity contribution >= 4 is 0 Å². The van der Waals surface area contributed by atoms with Crippen LogP contribution < -0.4 is 19.5 Å². The van der Waals surface area contributed by atoms with Gasteiger partial charge in [0.05, 0.1) is 25.5 Å². The smallest absolute Gasteiger partial charge is 0.216 e. The molecule has 2 rings (SSSR count). The number of ether oxygens (including phenoxy) is 3. The van der Waals surface area contributed by atoms with Crippen LogP contribution in [0.5, 0.6) is 17.4 Å². The molecule has 0 amide bonds. The molecule has 6 nitrogen and oxygen atoms in total. The molecule has 6 heteroatoms. The first-order valence-corrected chi connectivity index (χ1v) is 7.62. The van der Waals surface area contributed by atoms with Crippen molar-refractivity contribution in [2.24, 2.45) is 7.05 Å². The Balaban J connectivity index is 1.89. The molecule has 1 N–H and O–H groups in total. The second kappa shape index (κ2) is 7.87. The Morgan fingerprint density at radius 3 is 2.52 bits per heavy atom. The van der Waals surface area contributed by atoms with Crippen LogP contribution >= 0.6 is 0 Å². The summed E-state index contributed by atoms with van der Waals surface area (Å²) in [5.74, 6) is 2.27. The number of para-hydroxylation sites is 2. The summed E-state index contributed by atoms with van der Waals surface area (Å²) in [6, 6.07) is 7.81. The minimum absolute atomic E-state index is 0.171. The van der Waals surface area contributed by atoms with Crippen molar-refractivity contribution in [1.82, 2.24) is 15.1 Å². The first-order chi connectivity index (χ1) is 11.1. The lowest BCUT2D eigenvalue weighted by molar-refractivity contribution is 0.258. The highest BCUT2D eigenvalue weighted by atomic mass is 16.5. The van der Waals surface area contributed by atoms with Gasteiger partial charge < -0.3 is 19.5 Å². The molecule has 0 bridgehead atoms. The summed E-state index contributed by atoms with van der Waals surface area (Å²) in [4.78, 5) is 0. The van der Waals surface area contributed by atoms with Crippen molar-refractivity contribution in [3.8, 4) is 17.4 Å². The Hall–Kier alpha value is -2.21. The summed E-state index contributed by atoms with van der Waals surface area (Å²) < 4.78 is 18.3. The van der Waals surface area contributed by atoms with Gasteiger partial charge in [-0.25, -0.2) is 4.68 Å². The number of hydrogen-bond acceptors (Lipinski definition) is 5. The zero-order valence-corrected chi connectivity index (χ0v) is 14.4. The third-order valence-electron chi connectivity index (χ3n) is 3.67. The monoisotopic (exact) mass is 319 g/mol. The van der Waals surface area contributed by atoms with Gasteiger partial charge in [0, 0.05) is 19.6 Å². The average Bonchev–Trinajstić information content (AvgIpc) is 2.83. The Morgan fingerprint density at radius 2 is 1.87 bits per heavy atom. The lowest BCUT2D eigenvalue weighted by Crippen LogP contribution is -2.31. The maximum Gasteiger partial charge on any atom is 0.216 e. The Bertz CT molecular complexity index is 640. The Kier molecular flexibility index (Phi) is 5.87. The fourth-order valence-corrected chi connectivity index (χ4v) is 2.43. The second-order valence-corrected chi connectivity index (χ2v) is 5.44. The van der Waals surface area contributed by atoms with E-state index < -0.39 is 0 Å². The maximum absolute atomic E-state index is 5.83. The summed E-state index contributed by atoms with van der Waals surface area (Å²) in [5.41, 5.74) is 2.04. The van der Waals surface area contributed by atoms with Crippen LogP contribution in [0, 0.1) is 6.92 Å². The predicted molar refractivity (Wildman–Crippen MR) is 89.3 cm³/mol. The van der Waals surface area contributed by atoms with Crippen LogP contribution in [0.15, 0.2) is 24.3 Å². The van der Waals surface area contributed by atoms with Crippen LogP contribution in [-0.2, 0) is 13.6 Å². The molecule has 0 aliphatic rings. The van der Waals surface area contributed by atoms with Gasteiger partial charge in [-0.15, -0.1) is 0 Å². The molecule has 0 aliphatic heterocycles. The molecule has 126 valence electrons. The molecule has 1 aromatic heterocycles. The lowest BCUT2D eigenvalue weighted by Gasteiger charge is -2.16. The van der Waals surface area contributed by atoms with Crippen molar-refractivity contribution in [2.45, 2.75) is 26.4 Å². The molecule has 1 atom stereocenters. The number of nitrogens with one attached hydrogen (secondary N) is 1. The highest BCUT2D eigenvalue weighted by Gasteiger charge is 2.15. The number of hydrogen-bond donors (Lipinski definition) is 1. The quantitative estimate of drug-likeness (QED) is 0.809. The molecule has 1 heterocycles. The first-order valence-electron chi connectivity index (χ1n) is 7.62. The largest absolute Gasteiger partial charge is 0.493 e. The van der Waals surface area contributed by atoms with Gasteiger partial charge >= 0.3 is 0 Å². The number of nitrogens with zero attached hydrogens (tertiary/aromatic N) is 2. The van der Waals surface area contributed by atoms with E-state index in [9.17, 15) is 0 Å². The third kappa shape index (κ3) is 4.16. The molecule has 0 saturated carbocycles. The molecule has 0 fully saturated rings. The van der Waals surface area contributed by atoms with Gasteiger partial charge in [-0.1, -0.05) is 12.1 Å². The molecule has 1 aromatic carbocycles. The summed E-state index contributed by atoms with van der Waals surface area (Å²) in [6.45, 7) is 5.28. The van der Waals surface area contributed by atoms with Gasteiger partial charge in [0.25, 0.3) is 0 Å². The molecule has 23 heavy (non-hydrogen) atoms. The van der Waals surface area contributed by atoms with E-state index in [4.69, 9.17) is 14.2 Å². The first kappa shape index (κ1) is 17.1. The fraction of sp³-hybridized carbons (Fsp3) is 0.471. The summed E-state index contributed by atoms with van der Waals surface area (Å²) >= 11 is 0. The van der Waals surface area contributed by atoms with E-state index in [0.717, 1.165) is 28.6 Å². The van der Waals surface area contributed by atoms with Crippen LogP contribution in [0.2, 0.25) is 0 Å². The number of aromatic nitrogens is 2. The SMILES string of the molecule is COc1ccccc1OC[C@H](C)NCc1c(C)nn(C)c1OC. The molecular weight excluding hydrogens is 294 g/mol. The van der Waals surface area contributed by atoms with Gasteiger partial charge in [0.1, 0.15) is 6.61 Å². The topological polar surface area (TPSA) is 57.5 Å². The highest BCUT2D eigenvalue weighted by Crippen LogP contribution is 2.26. The van der Waals surface area contributed by atoms with Crippen LogP contribution in [-0.4, -0.2) is 36.6 Å². The average molecular weight is 319 g/mol. The maximum atomic E-state index is 5.83. The summed E-state index contributed by atoms with van der Waals surface area (Å²) in [6.07, 6.45) is 0. The highest BCUT2D eigenvalue weighted by molar-refractivity contribution is 5.39. The van der Waals surface area contributed by atoms with E-state index in [2.05, 4.69) is 17.3 Å². The molecule has 2 aromatic rings. The van der Waals surface area contributed by atoms with Crippen molar-refractivity contribution in [3.05, 3.63) is 35.5 Å². The normalized spacial score (nSPS) is 12.0. The van der Waals surface area contributed by atoms with E-state index >= 15 is 0 Å². The van der Waals surface area contributed by atoms with Crippen molar-refractivity contribution in [2.75, 3.05) is 20.8 Å². The molecule has 0 radical (unpaired) electrons. The molecule has 0 unspecified atom stereocenters. The van der Waals surface area contributed by atoms with Crippen LogP contribution in [0.3, 0.4) is 0 Å². The minimum atomic E-state index is 0.171. The van der Waals surface area contributed by atoms with Crippen molar-refractivity contribution < 1.29 is 14.2 Å². The van der Waals surface area contributed by atoms with E-state index in [1.807, 2.05) is 38.2 Å². The summed E-state index contributed by atoms with van der Waals surface area (Å²) in [7, 11) is 5.18. The van der Waals surface area contributed by atoms with E-state index in [-0.39, 0.29) is 6.04 Å². The number of aryl methyl sites for hydroxylation is 2. The zero-order chi connectivity index (χ0) is 16.8. The molecule has 0 saturated heterocycles. The fourth-order valence-electron chi connectivity index (χ4n) is 2.43. The Morgan fingerprint density at radius 1 is 1.17 bits per heavy atom. The van der Waals surface area contributed by atoms with E-state index in [1.54, 1.807) is 18.9 Å². The molecular formula is C17H25N3O3. The summed E-state index contributed by atoms with van der Waals surface area (Å²) in [5, 5.41) is 7.82. The number of methoxy groups -OCH3 is 2. The lowest BCUT2D eigenvalue weighted by atomic mass is 10.2. The third-order valence-corrected chi connectivity index (χ3v) is 3.67. The van der Waals surface area contributed by atoms with E-state index in [1.165, 1.54) is 0 Å². The van der Waals surface area contributed by atoms with Crippen LogP contribution in [0.4, 0.5) is 0 Å². The van der Waals surface area contributed by atoms with Crippen molar-refractivity contribution in [3.63, 3.8) is 0 Å². The van der Waals surface area contributed by atoms with Crippen molar-refractivity contribution in [1.29, 1.82) is 0 Å². The molecule has 0 aliphatic carbocycles. The Labute approximate surface area is 137 Å². The number of rotatable bonds is 8. The van der Waals surface area contributed by atoms with E-state index in [0.29, 0.717) is 13.2 Å².